The van der Waals surface area contributed by atoms with Crippen LogP contribution in [0.2, 0.25) is 0 Å². The van der Waals surface area contributed by atoms with Crippen molar-refractivity contribution in [3.8, 4) is 11.1 Å². The summed E-state index contributed by atoms with van der Waals surface area (Å²) in [5.74, 6) is 0.571. The first-order valence-corrected chi connectivity index (χ1v) is 17.0. The summed E-state index contributed by atoms with van der Waals surface area (Å²) < 4.78 is 14.2. The van der Waals surface area contributed by atoms with Crippen LogP contribution in [0, 0.1) is 11.1 Å². The van der Waals surface area contributed by atoms with Crippen molar-refractivity contribution < 1.29 is 24.1 Å². The minimum atomic E-state index is -0.637. The molecule has 3 N–H and O–H groups in total. The molecule has 1 aromatic heterocycles. The van der Waals surface area contributed by atoms with Crippen molar-refractivity contribution in [3.05, 3.63) is 161 Å². The van der Waals surface area contributed by atoms with Crippen LogP contribution >= 0.6 is 11.8 Å². The molecule has 1 fully saturated rings. The van der Waals surface area contributed by atoms with Crippen molar-refractivity contribution in [2.24, 2.45) is 5.92 Å². The van der Waals surface area contributed by atoms with Gasteiger partial charge in [-0.1, -0.05) is 110 Å². The van der Waals surface area contributed by atoms with Crippen LogP contribution in [0.3, 0.4) is 0 Å². The van der Waals surface area contributed by atoms with Gasteiger partial charge in [0, 0.05) is 42.5 Å². The Bertz CT molecular complexity index is 1800. The lowest BCUT2D eigenvalue weighted by Crippen LogP contribution is -2.39. The van der Waals surface area contributed by atoms with Crippen molar-refractivity contribution >= 4 is 17.8 Å². The van der Waals surface area contributed by atoms with Crippen molar-refractivity contribution in [1.82, 2.24) is 10.6 Å². The number of nitrogens with zero attached hydrogens (tertiary/aromatic N) is 1. The number of pyridine rings is 1. The van der Waals surface area contributed by atoms with Crippen LogP contribution in [0.5, 0.6) is 0 Å². The van der Waals surface area contributed by atoms with Crippen molar-refractivity contribution in [2.75, 3.05) is 5.75 Å². The van der Waals surface area contributed by atoms with Gasteiger partial charge in [-0.15, -0.1) is 0 Å². The van der Waals surface area contributed by atoms with E-state index in [1.54, 1.807) is 6.07 Å². The van der Waals surface area contributed by atoms with Crippen LogP contribution in [0.25, 0.3) is 11.1 Å². The number of aliphatic hydroxyl groups excluding tert-OH is 1. The summed E-state index contributed by atoms with van der Waals surface area (Å²) in [6, 6.07) is 39.0. The molecule has 0 spiro atoms. The van der Waals surface area contributed by atoms with E-state index in [1.165, 1.54) is 18.0 Å². The van der Waals surface area contributed by atoms with Gasteiger partial charge in [-0.05, 0) is 51.6 Å². The molecule has 2 heterocycles. The van der Waals surface area contributed by atoms with E-state index in [-0.39, 0.29) is 30.8 Å². The average Bonchev–Trinajstić information content (AvgIpc) is 3.14. The first-order valence-electron chi connectivity index (χ1n) is 16.0. The number of aliphatic hydroxyl groups is 1. The maximum absolute atomic E-state index is 12.4. The Morgan fingerprint density at radius 2 is 1.46 bits per heavy atom. The third-order valence-electron chi connectivity index (χ3n) is 8.48. The zero-order valence-electron chi connectivity index (χ0n) is 26.7. The maximum atomic E-state index is 12.4. The van der Waals surface area contributed by atoms with Gasteiger partial charge in [-0.25, -0.2) is 4.79 Å². The molecule has 246 valence electrons. The van der Waals surface area contributed by atoms with Crippen molar-refractivity contribution in [1.29, 1.82) is 0 Å². The monoisotopic (exact) mass is 661 g/mol. The van der Waals surface area contributed by atoms with E-state index in [0.717, 1.165) is 43.7 Å². The molecule has 2 amide bonds. The molecular weight excluding hydrogens is 623 g/mol. The highest BCUT2D eigenvalue weighted by Crippen LogP contribution is 2.43. The maximum Gasteiger partial charge on any atom is 0.315 e. The highest BCUT2D eigenvalue weighted by atomic mass is 32.2. The molecule has 1 aliphatic rings. The number of benzene rings is 4. The number of carbonyl (C=O) groups is 1. The number of amides is 2. The zero-order chi connectivity index (χ0) is 33.3. The summed E-state index contributed by atoms with van der Waals surface area (Å²) >= 11 is 1.47. The number of urea groups is 1. The van der Waals surface area contributed by atoms with Gasteiger partial charge in [0.15, 0.2) is 12.5 Å². The fraction of sp³-hybridized carbons (Fsp3) is 0.231. The second-order valence-corrected chi connectivity index (χ2v) is 12.9. The van der Waals surface area contributed by atoms with E-state index >= 15 is 0 Å². The molecular formula is C39H39N3O5S. The number of aromatic nitrogens is 1. The normalized spacial score (nSPS) is 19.0. The van der Waals surface area contributed by atoms with Gasteiger partial charge in [0.1, 0.15) is 0 Å². The molecule has 4 unspecified atom stereocenters. The highest BCUT2D eigenvalue weighted by Gasteiger charge is 2.38. The van der Waals surface area contributed by atoms with Crippen LogP contribution in [0.1, 0.15) is 47.1 Å². The molecule has 0 bridgehead atoms. The van der Waals surface area contributed by atoms with Crippen LogP contribution in [0.15, 0.2) is 133 Å². The number of hydrogen-bond donors (Lipinski definition) is 3. The quantitative estimate of drug-likeness (QED) is 0.0795. The number of thioether (sulfide) groups is 1. The molecule has 48 heavy (non-hydrogen) atoms. The minimum absolute atomic E-state index is 0.00482. The third-order valence-corrected chi connectivity index (χ3v) is 9.58. The number of carbonyl (C=O) groups excluding carboxylic acids is 1. The first kappa shape index (κ1) is 33.2. The van der Waals surface area contributed by atoms with Crippen LogP contribution in [0.4, 0.5) is 4.79 Å². The van der Waals surface area contributed by atoms with Crippen LogP contribution in [-0.2, 0) is 29.2 Å². The second kappa shape index (κ2) is 16.0. The van der Waals surface area contributed by atoms with Gasteiger partial charge in [-0.2, -0.15) is 4.73 Å². The van der Waals surface area contributed by atoms with Gasteiger partial charge in [-0.3, -0.25) is 0 Å². The van der Waals surface area contributed by atoms with Crippen LogP contribution in [-0.4, -0.2) is 23.0 Å². The fourth-order valence-electron chi connectivity index (χ4n) is 5.75. The zero-order valence-corrected chi connectivity index (χ0v) is 27.5. The Kier molecular flexibility index (Phi) is 11.0. The minimum Gasteiger partial charge on any atom is -0.618 e. The molecule has 6 rings (SSSR count). The Morgan fingerprint density at radius 3 is 2.21 bits per heavy atom. The van der Waals surface area contributed by atoms with Gasteiger partial charge in [0.2, 0.25) is 0 Å². The Hall–Kier alpha value is -4.67. The number of ether oxygens (including phenoxy) is 2. The third kappa shape index (κ3) is 8.42. The van der Waals surface area contributed by atoms with Gasteiger partial charge < -0.3 is 30.4 Å². The van der Waals surface area contributed by atoms with Gasteiger partial charge in [0.05, 0.1) is 18.8 Å². The first-order chi connectivity index (χ1) is 23.5. The summed E-state index contributed by atoms with van der Waals surface area (Å²) in [5.41, 5.74) is 6.76. The van der Waals surface area contributed by atoms with E-state index in [9.17, 15) is 15.1 Å². The van der Waals surface area contributed by atoms with E-state index in [4.69, 9.17) is 9.47 Å². The average molecular weight is 662 g/mol. The highest BCUT2D eigenvalue weighted by molar-refractivity contribution is 7.99. The molecule has 0 aliphatic carbocycles. The molecule has 9 heteroatoms. The van der Waals surface area contributed by atoms with E-state index in [2.05, 4.69) is 35.8 Å². The smallest absolute Gasteiger partial charge is 0.315 e. The largest absolute Gasteiger partial charge is 0.618 e. The molecule has 4 aromatic carbocycles. The molecule has 5 aromatic rings. The lowest BCUT2D eigenvalue weighted by Gasteiger charge is -2.41. The molecule has 1 saturated heterocycles. The van der Waals surface area contributed by atoms with Crippen LogP contribution < -0.4 is 15.4 Å². The standard InChI is InChI=1S/C39H39N3O5S/c1-27-35(26-48-36-15-5-6-20-42(36)45)46-38(47-37(27)31-18-16-29(25-43)17-19-31)34-14-8-13-33(22-34)32-12-7-11-30(21-32)24-41-39(44)40-23-28-9-3-2-4-10-28/h2-22,27,35,37-38,43H,23-26H2,1H3,(H2,40,41,44). The van der Waals surface area contributed by atoms with Crippen molar-refractivity contribution in [2.45, 2.75) is 50.1 Å². The lowest BCUT2D eigenvalue weighted by atomic mass is 9.91. The molecule has 1 aliphatic heterocycles. The van der Waals surface area contributed by atoms with E-state index < -0.39 is 6.29 Å². The Labute approximate surface area is 285 Å². The predicted molar refractivity (Wildman–Crippen MR) is 186 cm³/mol. The van der Waals surface area contributed by atoms with Gasteiger partial charge in [0.25, 0.3) is 5.03 Å². The topological polar surface area (TPSA) is 107 Å². The van der Waals surface area contributed by atoms with Crippen molar-refractivity contribution in [3.63, 3.8) is 0 Å². The fourth-order valence-corrected chi connectivity index (χ4v) is 6.83. The summed E-state index contributed by atoms with van der Waals surface area (Å²) in [7, 11) is 0. The number of rotatable bonds is 11. The molecule has 4 atom stereocenters. The Balaban J connectivity index is 1.18. The summed E-state index contributed by atoms with van der Waals surface area (Å²) in [6.45, 7) is 2.94. The lowest BCUT2D eigenvalue weighted by molar-refractivity contribution is -0.645. The summed E-state index contributed by atoms with van der Waals surface area (Å²) in [4.78, 5) is 12.4. The second-order valence-electron chi connectivity index (χ2n) is 11.8. The molecule has 8 nitrogen and oxygen atoms in total. The SMILES string of the molecule is CC1C(CSc2cccc[n+]2[O-])OC(c2cccc(-c3cccc(CNC(=O)NCc4ccccc4)c3)c2)OC1c1ccc(CO)cc1. The summed E-state index contributed by atoms with van der Waals surface area (Å²) in [6.07, 6.45) is 0.399. The van der Waals surface area contributed by atoms with Gasteiger partial charge >= 0.3 is 6.03 Å². The predicted octanol–water partition coefficient (Wildman–Crippen LogP) is 7.06. The van der Waals surface area contributed by atoms with E-state index in [0.29, 0.717) is 23.9 Å². The molecule has 0 saturated carbocycles. The Morgan fingerprint density at radius 1 is 0.771 bits per heavy atom. The van der Waals surface area contributed by atoms with E-state index in [1.807, 2.05) is 97.1 Å². The number of hydrogen-bond acceptors (Lipinski definition) is 6. The molecule has 0 radical (unpaired) electrons. The number of nitrogens with one attached hydrogen (secondary N) is 2. The summed E-state index contributed by atoms with van der Waals surface area (Å²) in [5, 5.41) is 28.4.